The largest absolute Gasteiger partial charge is 0.508 e. The summed E-state index contributed by atoms with van der Waals surface area (Å²) in [6.07, 6.45) is 2.52. The molecule has 0 radical (unpaired) electrons. The minimum absolute atomic E-state index is 0.0947. The Labute approximate surface area is 142 Å². The number of carbonyl (C=O) groups is 1. The molecule has 2 aromatic rings. The second kappa shape index (κ2) is 7.49. The Hall–Kier alpha value is -2.33. The molecule has 2 atom stereocenters. The molecule has 0 saturated heterocycles. The lowest BCUT2D eigenvalue weighted by Crippen LogP contribution is -2.34. The zero-order chi connectivity index (χ0) is 16.9. The van der Waals surface area contributed by atoms with Crippen LogP contribution in [0.15, 0.2) is 48.5 Å². The van der Waals surface area contributed by atoms with Crippen molar-refractivity contribution in [3.05, 3.63) is 59.7 Å². The van der Waals surface area contributed by atoms with Gasteiger partial charge >= 0.3 is 0 Å². The standard InChI is InChI=1S/C20H24N2O2/c1-14(6-7-15-8-10-17(23)11-9-15)21-13-16-12-20(24)22-19-5-3-2-4-18(16)19/h2-5,8-11,14,16,21,23H,6-7,12-13H2,1H3,(H,22,24)/t14-,16+/m1/s1. The average molecular weight is 324 g/mol. The predicted octanol–water partition coefficient (Wildman–Crippen LogP) is 3.43. The van der Waals surface area contributed by atoms with E-state index in [1.54, 1.807) is 12.1 Å². The van der Waals surface area contributed by atoms with Crippen molar-refractivity contribution >= 4 is 11.6 Å². The molecule has 2 aromatic carbocycles. The van der Waals surface area contributed by atoms with Crippen molar-refractivity contribution in [2.45, 2.75) is 38.1 Å². The average Bonchev–Trinajstić information content (AvgIpc) is 2.59. The van der Waals surface area contributed by atoms with E-state index in [1.807, 2.05) is 30.3 Å². The van der Waals surface area contributed by atoms with E-state index in [4.69, 9.17) is 0 Å². The number of hydrogen-bond acceptors (Lipinski definition) is 3. The summed E-state index contributed by atoms with van der Waals surface area (Å²) >= 11 is 0. The molecule has 0 aliphatic carbocycles. The first-order chi connectivity index (χ1) is 11.6. The lowest BCUT2D eigenvalue weighted by Gasteiger charge is -2.27. The number of para-hydroxylation sites is 1. The number of hydrogen-bond donors (Lipinski definition) is 3. The van der Waals surface area contributed by atoms with Crippen LogP contribution in [0, 0.1) is 0 Å². The number of nitrogens with one attached hydrogen (secondary N) is 2. The summed E-state index contributed by atoms with van der Waals surface area (Å²) in [4.78, 5) is 11.9. The second-order valence-electron chi connectivity index (χ2n) is 6.55. The smallest absolute Gasteiger partial charge is 0.225 e. The van der Waals surface area contributed by atoms with Crippen molar-refractivity contribution < 1.29 is 9.90 Å². The van der Waals surface area contributed by atoms with Crippen LogP contribution in [-0.2, 0) is 11.2 Å². The summed E-state index contributed by atoms with van der Waals surface area (Å²) in [6, 6.07) is 15.8. The van der Waals surface area contributed by atoms with Gasteiger partial charge in [-0.2, -0.15) is 0 Å². The van der Waals surface area contributed by atoms with E-state index in [2.05, 4.69) is 23.6 Å². The molecular formula is C20H24N2O2. The van der Waals surface area contributed by atoms with Gasteiger partial charge < -0.3 is 15.7 Å². The molecular weight excluding hydrogens is 300 g/mol. The Bertz CT molecular complexity index is 697. The van der Waals surface area contributed by atoms with Crippen LogP contribution in [-0.4, -0.2) is 23.6 Å². The number of benzene rings is 2. The molecule has 1 amide bonds. The van der Waals surface area contributed by atoms with Gasteiger partial charge in [0.15, 0.2) is 0 Å². The van der Waals surface area contributed by atoms with Gasteiger partial charge in [0, 0.05) is 30.6 Å². The van der Waals surface area contributed by atoms with Gasteiger partial charge in [0.05, 0.1) is 0 Å². The molecule has 4 heteroatoms. The molecule has 24 heavy (non-hydrogen) atoms. The van der Waals surface area contributed by atoms with Crippen LogP contribution >= 0.6 is 0 Å². The zero-order valence-electron chi connectivity index (χ0n) is 14.0. The van der Waals surface area contributed by atoms with E-state index < -0.39 is 0 Å². The first-order valence-electron chi connectivity index (χ1n) is 8.52. The van der Waals surface area contributed by atoms with Gasteiger partial charge in [-0.05, 0) is 49.1 Å². The lowest BCUT2D eigenvalue weighted by atomic mass is 9.90. The van der Waals surface area contributed by atoms with Gasteiger partial charge in [0.1, 0.15) is 5.75 Å². The van der Waals surface area contributed by atoms with Gasteiger partial charge in [0.2, 0.25) is 5.91 Å². The van der Waals surface area contributed by atoms with Crippen LogP contribution in [0.4, 0.5) is 5.69 Å². The summed E-state index contributed by atoms with van der Waals surface area (Å²) in [5.41, 5.74) is 3.39. The van der Waals surface area contributed by atoms with Gasteiger partial charge in [-0.1, -0.05) is 30.3 Å². The maximum absolute atomic E-state index is 11.9. The van der Waals surface area contributed by atoms with Crippen molar-refractivity contribution in [1.82, 2.24) is 5.32 Å². The summed E-state index contributed by atoms with van der Waals surface area (Å²) in [6.45, 7) is 2.98. The molecule has 4 nitrogen and oxygen atoms in total. The van der Waals surface area contributed by atoms with E-state index in [0.717, 1.165) is 25.1 Å². The van der Waals surface area contributed by atoms with Crippen molar-refractivity contribution in [2.24, 2.45) is 0 Å². The fourth-order valence-electron chi connectivity index (χ4n) is 3.18. The monoisotopic (exact) mass is 324 g/mol. The third kappa shape index (κ3) is 4.15. The summed E-state index contributed by atoms with van der Waals surface area (Å²) in [5.74, 6) is 0.627. The highest BCUT2D eigenvalue weighted by Gasteiger charge is 2.24. The first kappa shape index (κ1) is 16.5. The molecule has 1 aliphatic rings. The number of phenols is 1. The predicted molar refractivity (Wildman–Crippen MR) is 96.3 cm³/mol. The van der Waals surface area contributed by atoms with Crippen LogP contribution in [0.1, 0.15) is 36.8 Å². The quantitative estimate of drug-likeness (QED) is 0.763. The molecule has 126 valence electrons. The maximum atomic E-state index is 11.9. The molecule has 0 aromatic heterocycles. The van der Waals surface area contributed by atoms with Crippen molar-refractivity contribution in [1.29, 1.82) is 0 Å². The number of aryl methyl sites for hydroxylation is 1. The third-order valence-corrected chi connectivity index (χ3v) is 4.62. The summed E-state index contributed by atoms with van der Waals surface area (Å²) < 4.78 is 0. The van der Waals surface area contributed by atoms with Gasteiger partial charge in [-0.15, -0.1) is 0 Å². The highest BCUT2D eigenvalue weighted by atomic mass is 16.3. The molecule has 0 fully saturated rings. The van der Waals surface area contributed by atoms with E-state index in [0.29, 0.717) is 18.2 Å². The third-order valence-electron chi connectivity index (χ3n) is 4.62. The number of amides is 1. The van der Waals surface area contributed by atoms with E-state index in [1.165, 1.54) is 11.1 Å². The normalized spacial score (nSPS) is 17.9. The second-order valence-corrected chi connectivity index (χ2v) is 6.55. The molecule has 1 heterocycles. The topological polar surface area (TPSA) is 61.4 Å². The van der Waals surface area contributed by atoms with Crippen molar-refractivity contribution in [2.75, 3.05) is 11.9 Å². The molecule has 0 spiro atoms. The Morgan fingerprint density at radius 2 is 1.96 bits per heavy atom. The molecule has 0 saturated carbocycles. The Kier molecular flexibility index (Phi) is 5.16. The lowest BCUT2D eigenvalue weighted by molar-refractivity contribution is -0.116. The molecule has 0 bridgehead atoms. The Morgan fingerprint density at radius 1 is 1.21 bits per heavy atom. The molecule has 3 rings (SSSR count). The van der Waals surface area contributed by atoms with Crippen LogP contribution < -0.4 is 10.6 Å². The van der Waals surface area contributed by atoms with E-state index in [-0.39, 0.29) is 11.8 Å². The SMILES string of the molecule is C[C@H](CCc1ccc(O)cc1)NC[C@@H]1CC(=O)Nc2ccccc21. The molecule has 3 N–H and O–H groups in total. The van der Waals surface area contributed by atoms with Crippen molar-refractivity contribution in [3.8, 4) is 5.75 Å². The minimum Gasteiger partial charge on any atom is -0.508 e. The molecule has 1 aliphatic heterocycles. The van der Waals surface area contributed by atoms with Crippen LogP contribution in [0.3, 0.4) is 0 Å². The Morgan fingerprint density at radius 3 is 2.75 bits per heavy atom. The van der Waals surface area contributed by atoms with E-state index >= 15 is 0 Å². The minimum atomic E-state index is 0.0947. The van der Waals surface area contributed by atoms with Gasteiger partial charge in [-0.25, -0.2) is 0 Å². The maximum Gasteiger partial charge on any atom is 0.225 e. The number of anilines is 1. The highest BCUT2D eigenvalue weighted by molar-refractivity contribution is 5.94. The number of aromatic hydroxyl groups is 1. The highest BCUT2D eigenvalue weighted by Crippen LogP contribution is 2.31. The fraction of sp³-hybridized carbons (Fsp3) is 0.350. The van der Waals surface area contributed by atoms with Crippen LogP contribution in [0.25, 0.3) is 0 Å². The van der Waals surface area contributed by atoms with Gasteiger partial charge in [0.25, 0.3) is 0 Å². The Balaban J connectivity index is 1.52. The first-order valence-corrected chi connectivity index (χ1v) is 8.52. The van der Waals surface area contributed by atoms with Crippen LogP contribution in [0.2, 0.25) is 0 Å². The van der Waals surface area contributed by atoms with Crippen molar-refractivity contribution in [3.63, 3.8) is 0 Å². The summed E-state index contributed by atoms with van der Waals surface area (Å²) in [5, 5.41) is 15.8. The zero-order valence-corrected chi connectivity index (χ0v) is 14.0. The van der Waals surface area contributed by atoms with E-state index in [9.17, 15) is 9.90 Å². The summed E-state index contributed by atoms with van der Waals surface area (Å²) in [7, 11) is 0. The number of fused-ring (bicyclic) bond motifs is 1. The number of carbonyl (C=O) groups excluding carboxylic acids is 1. The fourth-order valence-corrected chi connectivity index (χ4v) is 3.18. The molecule has 0 unspecified atom stereocenters. The van der Waals surface area contributed by atoms with Gasteiger partial charge in [-0.3, -0.25) is 4.79 Å². The van der Waals surface area contributed by atoms with Crippen LogP contribution in [0.5, 0.6) is 5.75 Å². The number of rotatable bonds is 6. The number of phenolic OH excluding ortho intramolecular Hbond substituents is 1.